The number of methoxy groups -OCH3 is 2. The lowest BCUT2D eigenvalue weighted by Crippen LogP contribution is -2.21. The van der Waals surface area contributed by atoms with Crippen LogP contribution in [-0.2, 0) is 9.53 Å². The van der Waals surface area contributed by atoms with Crippen molar-refractivity contribution in [3.05, 3.63) is 42.0 Å². The molecule has 0 saturated carbocycles. The van der Waals surface area contributed by atoms with Crippen LogP contribution in [0.4, 0.5) is 5.69 Å². The van der Waals surface area contributed by atoms with Gasteiger partial charge in [-0.05, 0) is 24.3 Å². The number of carbonyl (C=O) groups excluding carboxylic acids is 2. The van der Waals surface area contributed by atoms with Crippen LogP contribution in [-0.4, -0.2) is 45.9 Å². The number of amides is 1. The van der Waals surface area contributed by atoms with Crippen LogP contribution in [0.1, 0.15) is 16.8 Å². The molecule has 1 N–H and O–H groups in total. The second-order valence-corrected chi connectivity index (χ2v) is 5.88. The molecule has 0 aliphatic carbocycles. The zero-order valence-electron chi connectivity index (χ0n) is 15.7. The van der Waals surface area contributed by atoms with Crippen molar-refractivity contribution >= 4 is 17.6 Å². The molecule has 0 unspecified atom stereocenters. The second-order valence-electron chi connectivity index (χ2n) is 5.88. The third-order valence-electron chi connectivity index (χ3n) is 3.99. The molecule has 0 atom stereocenters. The number of fused-ring (bicyclic) bond motifs is 1. The van der Waals surface area contributed by atoms with E-state index in [9.17, 15) is 9.59 Å². The Balaban J connectivity index is 1.60. The summed E-state index contributed by atoms with van der Waals surface area (Å²) in [4.78, 5) is 24.5. The molecule has 0 bridgehead atoms. The SMILES string of the molecule is COc1cccc(C(=O)OCC(=O)Nc2ccc3c(c2)OCCCO3)c1OC. The fourth-order valence-electron chi connectivity index (χ4n) is 2.69. The lowest BCUT2D eigenvalue weighted by molar-refractivity contribution is -0.119. The molecule has 8 nitrogen and oxygen atoms in total. The van der Waals surface area contributed by atoms with Crippen molar-refractivity contribution in [3.63, 3.8) is 0 Å². The normalized spacial score (nSPS) is 12.5. The summed E-state index contributed by atoms with van der Waals surface area (Å²) in [5, 5.41) is 2.66. The van der Waals surface area contributed by atoms with Gasteiger partial charge in [0.15, 0.2) is 29.6 Å². The van der Waals surface area contributed by atoms with Crippen LogP contribution in [0.25, 0.3) is 0 Å². The topological polar surface area (TPSA) is 92.3 Å². The molecular weight excluding hydrogens is 366 g/mol. The Bertz CT molecular complexity index is 866. The van der Waals surface area contributed by atoms with Crippen molar-refractivity contribution in [2.75, 3.05) is 39.4 Å². The van der Waals surface area contributed by atoms with E-state index in [1.165, 1.54) is 20.3 Å². The first kappa shape index (κ1) is 19.3. The molecule has 0 spiro atoms. The van der Waals surface area contributed by atoms with Crippen LogP contribution >= 0.6 is 0 Å². The van der Waals surface area contributed by atoms with Gasteiger partial charge in [-0.15, -0.1) is 0 Å². The predicted molar refractivity (Wildman–Crippen MR) is 101 cm³/mol. The van der Waals surface area contributed by atoms with Gasteiger partial charge < -0.3 is 29.0 Å². The number of hydrogen-bond acceptors (Lipinski definition) is 7. The van der Waals surface area contributed by atoms with Gasteiger partial charge in [-0.1, -0.05) is 6.07 Å². The summed E-state index contributed by atoms with van der Waals surface area (Å²) in [6, 6.07) is 9.92. The molecule has 0 saturated heterocycles. The van der Waals surface area contributed by atoms with Crippen molar-refractivity contribution in [1.29, 1.82) is 0 Å². The molecule has 2 aromatic rings. The van der Waals surface area contributed by atoms with Gasteiger partial charge in [0, 0.05) is 18.2 Å². The van der Waals surface area contributed by atoms with Crippen LogP contribution in [0.15, 0.2) is 36.4 Å². The van der Waals surface area contributed by atoms with Crippen LogP contribution < -0.4 is 24.3 Å². The maximum atomic E-state index is 12.3. The number of hydrogen-bond donors (Lipinski definition) is 1. The van der Waals surface area contributed by atoms with Gasteiger partial charge in [-0.25, -0.2) is 4.79 Å². The van der Waals surface area contributed by atoms with Crippen molar-refractivity contribution < 1.29 is 33.3 Å². The van der Waals surface area contributed by atoms with Gasteiger partial charge in [-0.2, -0.15) is 0 Å². The van der Waals surface area contributed by atoms with E-state index >= 15 is 0 Å². The number of esters is 1. The number of carbonyl (C=O) groups is 2. The Labute approximate surface area is 162 Å². The highest BCUT2D eigenvalue weighted by molar-refractivity contribution is 5.97. The molecule has 8 heteroatoms. The van der Waals surface area contributed by atoms with E-state index in [1.54, 1.807) is 30.3 Å². The molecule has 1 aliphatic rings. The molecule has 3 rings (SSSR count). The minimum atomic E-state index is -0.690. The summed E-state index contributed by atoms with van der Waals surface area (Å²) in [7, 11) is 2.89. The molecule has 0 aromatic heterocycles. The van der Waals surface area contributed by atoms with Crippen molar-refractivity contribution in [3.8, 4) is 23.0 Å². The van der Waals surface area contributed by atoms with E-state index in [0.717, 1.165) is 6.42 Å². The lowest BCUT2D eigenvalue weighted by atomic mass is 10.2. The van der Waals surface area contributed by atoms with Crippen LogP contribution in [0.2, 0.25) is 0 Å². The largest absolute Gasteiger partial charge is 0.493 e. The standard InChI is InChI=1S/C20H21NO7/c1-24-16-6-3-5-14(19(16)25-2)20(23)28-12-18(22)21-13-7-8-15-17(11-13)27-10-4-9-26-15/h3,5-8,11H,4,9-10,12H2,1-2H3,(H,21,22). The first-order chi connectivity index (χ1) is 13.6. The molecule has 148 valence electrons. The van der Waals surface area contributed by atoms with Crippen LogP contribution in [0, 0.1) is 0 Å². The number of benzene rings is 2. The van der Waals surface area contributed by atoms with E-state index in [-0.39, 0.29) is 11.3 Å². The fraction of sp³-hybridized carbons (Fsp3) is 0.300. The minimum absolute atomic E-state index is 0.172. The van der Waals surface area contributed by atoms with E-state index < -0.39 is 18.5 Å². The summed E-state index contributed by atoms with van der Waals surface area (Å²) >= 11 is 0. The minimum Gasteiger partial charge on any atom is -0.493 e. The van der Waals surface area contributed by atoms with E-state index in [2.05, 4.69) is 5.32 Å². The average Bonchev–Trinajstić information content (AvgIpc) is 2.96. The Hall–Kier alpha value is -3.42. The Morgan fingerprint density at radius 2 is 1.82 bits per heavy atom. The van der Waals surface area contributed by atoms with Crippen LogP contribution in [0.5, 0.6) is 23.0 Å². The Kier molecular flexibility index (Phi) is 6.21. The summed E-state index contributed by atoms with van der Waals surface area (Å²) in [6.07, 6.45) is 0.792. The third-order valence-corrected chi connectivity index (χ3v) is 3.99. The highest BCUT2D eigenvalue weighted by Gasteiger charge is 2.19. The molecular formula is C20H21NO7. The summed E-state index contributed by atoms with van der Waals surface area (Å²) < 4.78 is 26.6. The van der Waals surface area contributed by atoms with Gasteiger partial charge in [-0.3, -0.25) is 4.79 Å². The summed E-state index contributed by atoms with van der Waals surface area (Å²) in [6.45, 7) is 0.681. The predicted octanol–water partition coefficient (Wildman–Crippen LogP) is 2.66. The molecule has 1 aliphatic heterocycles. The fourth-order valence-corrected chi connectivity index (χ4v) is 2.69. The highest BCUT2D eigenvalue weighted by Crippen LogP contribution is 2.32. The molecule has 0 radical (unpaired) electrons. The van der Waals surface area contributed by atoms with Crippen LogP contribution in [0.3, 0.4) is 0 Å². The Morgan fingerprint density at radius 3 is 2.57 bits per heavy atom. The number of anilines is 1. The number of para-hydroxylation sites is 1. The zero-order valence-corrected chi connectivity index (χ0v) is 15.7. The number of ether oxygens (including phenoxy) is 5. The van der Waals surface area contributed by atoms with E-state index in [1.807, 2.05) is 0 Å². The maximum absolute atomic E-state index is 12.3. The average molecular weight is 387 g/mol. The van der Waals surface area contributed by atoms with Gasteiger partial charge in [0.1, 0.15) is 5.56 Å². The Morgan fingerprint density at radius 1 is 1.04 bits per heavy atom. The van der Waals surface area contributed by atoms with Crippen molar-refractivity contribution in [1.82, 2.24) is 0 Å². The second kappa shape index (κ2) is 8.98. The monoisotopic (exact) mass is 387 g/mol. The lowest BCUT2D eigenvalue weighted by Gasteiger charge is -2.12. The number of rotatable bonds is 6. The third kappa shape index (κ3) is 4.46. The smallest absolute Gasteiger partial charge is 0.342 e. The molecule has 28 heavy (non-hydrogen) atoms. The first-order valence-electron chi connectivity index (χ1n) is 8.70. The van der Waals surface area contributed by atoms with Crippen molar-refractivity contribution in [2.45, 2.75) is 6.42 Å². The zero-order chi connectivity index (χ0) is 19.9. The van der Waals surface area contributed by atoms with E-state index in [0.29, 0.717) is 36.1 Å². The first-order valence-corrected chi connectivity index (χ1v) is 8.70. The van der Waals surface area contributed by atoms with Gasteiger partial charge >= 0.3 is 5.97 Å². The number of nitrogens with one attached hydrogen (secondary N) is 1. The quantitative estimate of drug-likeness (QED) is 0.762. The maximum Gasteiger partial charge on any atom is 0.342 e. The van der Waals surface area contributed by atoms with Crippen molar-refractivity contribution in [2.24, 2.45) is 0 Å². The molecule has 0 fully saturated rings. The van der Waals surface area contributed by atoms with E-state index in [4.69, 9.17) is 23.7 Å². The van der Waals surface area contributed by atoms with Gasteiger partial charge in [0.25, 0.3) is 5.91 Å². The van der Waals surface area contributed by atoms with Gasteiger partial charge in [0.05, 0.1) is 27.4 Å². The summed E-state index contributed by atoms with van der Waals surface area (Å²) in [5.41, 5.74) is 0.689. The molecule has 1 amide bonds. The highest BCUT2D eigenvalue weighted by atomic mass is 16.5. The van der Waals surface area contributed by atoms with Gasteiger partial charge in [0.2, 0.25) is 0 Å². The summed E-state index contributed by atoms with van der Waals surface area (Å²) in [5.74, 6) is 0.668. The molecule has 1 heterocycles. The molecule has 2 aromatic carbocycles.